The summed E-state index contributed by atoms with van der Waals surface area (Å²) in [5.41, 5.74) is 1.49. The van der Waals surface area contributed by atoms with Gasteiger partial charge < -0.3 is 9.52 Å². The van der Waals surface area contributed by atoms with Crippen molar-refractivity contribution in [1.29, 1.82) is 0 Å². The molecule has 1 saturated carbocycles. The van der Waals surface area contributed by atoms with Crippen LogP contribution in [-0.4, -0.2) is 16.1 Å². The zero-order chi connectivity index (χ0) is 20.5. The van der Waals surface area contributed by atoms with Gasteiger partial charge in [-0.05, 0) is 37.1 Å². The largest absolute Gasteiger partial charge is 0.481 e. The molecule has 0 aliphatic heterocycles. The first kappa shape index (κ1) is 20.1. The molecule has 29 heavy (non-hydrogen) atoms. The van der Waals surface area contributed by atoms with Crippen molar-refractivity contribution in [3.63, 3.8) is 0 Å². The summed E-state index contributed by atoms with van der Waals surface area (Å²) in [7, 11) is 0. The fraction of sp³-hybridized carbons (Fsp3) is 0.273. The van der Waals surface area contributed by atoms with Crippen molar-refractivity contribution in [3.8, 4) is 22.7 Å². The lowest BCUT2D eigenvalue weighted by Crippen LogP contribution is -2.25. The Kier molecular flexibility index (Phi) is 5.74. The standard InChI is InChI=1S/C22H18BrClFNO3/c23-13-10-8-12(9-11-13)19-20(14-4-1-2-5-15(14)22(27)28)29-21(26-19)16-6-3-7-17(24)18(16)25/h3,6-11,14-15H,1-2,4-5H2,(H,27,28). The van der Waals surface area contributed by atoms with Crippen LogP contribution in [0.3, 0.4) is 0 Å². The minimum atomic E-state index is -0.844. The van der Waals surface area contributed by atoms with Crippen LogP contribution in [0.2, 0.25) is 5.02 Å². The molecule has 1 N–H and O–H groups in total. The molecule has 0 amide bonds. The van der Waals surface area contributed by atoms with E-state index in [0.29, 0.717) is 24.3 Å². The summed E-state index contributed by atoms with van der Waals surface area (Å²) in [6.07, 6.45) is 3.05. The summed E-state index contributed by atoms with van der Waals surface area (Å²) in [6, 6.07) is 12.2. The first-order valence-corrected chi connectivity index (χ1v) is 10.6. The molecule has 2 atom stereocenters. The average Bonchev–Trinajstić information content (AvgIpc) is 3.15. The molecule has 0 bridgehead atoms. The van der Waals surface area contributed by atoms with Crippen molar-refractivity contribution in [1.82, 2.24) is 4.98 Å². The second-order valence-corrected chi connectivity index (χ2v) is 8.50. The van der Waals surface area contributed by atoms with Gasteiger partial charge in [0.05, 0.1) is 16.5 Å². The molecule has 0 saturated heterocycles. The Morgan fingerprint density at radius 2 is 1.90 bits per heavy atom. The average molecular weight is 479 g/mol. The maximum atomic E-state index is 14.6. The zero-order valence-electron chi connectivity index (χ0n) is 15.4. The lowest BCUT2D eigenvalue weighted by molar-refractivity contribution is -0.143. The SMILES string of the molecule is O=C(O)C1CCCCC1c1oc(-c2cccc(Cl)c2F)nc1-c1ccc(Br)cc1. The van der Waals surface area contributed by atoms with Crippen molar-refractivity contribution in [3.05, 3.63) is 63.5 Å². The Hall–Kier alpha value is -2.18. The van der Waals surface area contributed by atoms with Crippen LogP contribution in [0.15, 0.2) is 51.4 Å². The van der Waals surface area contributed by atoms with Crippen molar-refractivity contribution >= 4 is 33.5 Å². The van der Waals surface area contributed by atoms with Gasteiger partial charge in [0.25, 0.3) is 0 Å². The third-order valence-corrected chi connectivity index (χ3v) is 6.19. The van der Waals surface area contributed by atoms with E-state index in [4.69, 9.17) is 16.0 Å². The third-order valence-electron chi connectivity index (χ3n) is 5.37. The lowest BCUT2D eigenvalue weighted by Gasteiger charge is -2.27. The van der Waals surface area contributed by atoms with Crippen LogP contribution in [0.4, 0.5) is 4.39 Å². The number of halogens is 3. The summed E-state index contributed by atoms with van der Waals surface area (Å²) < 4.78 is 21.6. The zero-order valence-corrected chi connectivity index (χ0v) is 17.7. The van der Waals surface area contributed by atoms with Crippen molar-refractivity contribution in [2.24, 2.45) is 5.92 Å². The molecule has 150 valence electrons. The normalized spacial score (nSPS) is 19.3. The third kappa shape index (κ3) is 3.96. The number of carboxylic acid groups (broad SMARTS) is 1. The maximum Gasteiger partial charge on any atom is 0.307 e. The quantitative estimate of drug-likeness (QED) is 0.442. The van der Waals surface area contributed by atoms with Gasteiger partial charge >= 0.3 is 5.97 Å². The van der Waals surface area contributed by atoms with Gasteiger partial charge in [-0.25, -0.2) is 9.37 Å². The van der Waals surface area contributed by atoms with Crippen molar-refractivity contribution < 1.29 is 18.7 Å². The molecule has 0 spiro atoms. The van der Waals surface area contributed by atoms with Crippen LogP contribution in [0.25, 0.3) is 22.7 Å². The van der Waals surface area contributed by atoms with Crippen LogP contribution < -0.4 is 0 Å². The summed E-state index contributed by atoms with van der Waals surface area (Å²) >= 11 is 9.35. The van der Waals surface area contributed by atoms with E-state index in [9.17, 15) is 14.3 Å². The molecule has 4 rings (SSSR count). The molecule has 3 aromatic rings. The molecule has 1 fully saturated rings. The Morgan fingerprint density at radius 3 is 2.62 bits per heavy atom. The number of benzene rings is 2. The number of hydrogen-bond acceptors (Lipinski definition) is 3. The number of rotatable bonds is 4. The van der Waals surface area contributed by atoms with E-state index in [-0.39, 0.29) is 22.4 Å². The first-order valence-electron chi connectivity index (χ1n) is 9.39. The smallest absolute Gasteiger partial charge is 0.307 e. The predicted molar refractivity (Wildman–Crippen MR) is 112 cm³/mol. The van der Waals surface area contributed by atoms with Gasteiger partial charge in [0.1, 0.15) is 11.5 Å². The summed E-state index contributed by atoms with van der Waals surface area (Å²) in [4.78, 5) is 16.4. The van der Waals surface area contributed by atoms with Crippen LogP contribution in [0.5, 0.6) is 0 Å². The molecule has 1 aromatic heterocycles. The van der Waals surface area contributed by atoms with Gasteiger partial charge in [-0.2, -0.15) is 0 Å². The number of hydrogen-bond donors (Lipinski definition) is 1. The molecular formula is C22H18BrClFNO3. The number of nitrogens with zero attached hydrogens (tertiary/aromatic N) is 1. The predicted octanol–water partition coefficient (Wildman–Crippen LogP) is 6.92. The van der Waals surface area contributed by atoms with E-state index in [1.807, 2.05) is 24.3 Å². The van der Waals surface area contributed by atoms with Crippen molar-refractivity contribution in [2.45, 2.75) is 31.6 Å². The number of aromatic nitrogens is 1. The van der Waals surface area contributed by atoms with Gasteiger partial charge in [-0.1, -0.05) is 58.6 Å². The topological polar surface area (TPSA) is 63.3 Å². The molecule has 7 heteroatoms. The molecule has 0 radical (unpaired) electrons. The number of carboxylic acids is 1. The van der Waals surface area contributed by atoms with E-state index in [1.54, 1.807) is 12.1 Å². The first-order chi connectivity index (χ1) is 14.0. The second-order valence-electron chi connectivity index (χ2n) is 7.18. The molecule has 2 aromatic carbocycles. The van der Waals surface area contributed by atoms with Gasteiger partial charge in [0.15, 0.2) is 5.82 Å². The van der Waals surface area contributed by atoms with Gasteiger partial charge in [0, 0.05) is 16.0 Å². The molecular weight excluding hydrogens is 461 g/mol. The monoisotopic (exact) mass is 477 g/mol. The van der Waals surface area contributed by atoms with E-state index in [1.165, 1.54) is 6.07 Å². The highest BCUT2D eigenvalue weighted by molar-refractivity contribution is 9.10. The second kappa shape index (κ2) is 8.28. The summed E-state index contributed by atoms with van der Waals surface area (Å²) in [5, 5.41) is 9.71. The van der Waals surface area contributed by atoms with E-state index >= 15 is 0 Å². The number of oxazole rings is 1. The van der Waals surface area contributed by atoms with Gasteiger partial charge in [0.2, 0.25) is 5.89 Å². The Balaban J connectivity index is 1.88. The maximum absolute atomic E-state index is 14.6. The highest BCUT2D eigenvalue weighted by Crippen LogP contribution is 2.44. The number of aliphatic carboxylic acids is 1. The summed E-state index contributed by atoms with van der Waals surface area (Å²) in [6.45, 7) is 0. The lowest BCUT2D eigenvalue weighted by atomic mass is 9.77. The van der Waals surface area contributed by atoms with E-state index in [0.717, 1.165) is 22.9 Å². The van der Waals surface area contributed by atoms with Gasteiger partial charge in [-0.3, -0.25) is 4.79 Å². The molecule has 4 nitrogen and oxygen atoms in total. The minimum Gasteiger partial charge on any atom is -0.481 e. The fourth-order valence-corrected chi connectivity index (χ4v) is 4.36. The highest BCUT2D eigenvalue weighted by Gasteiger charge is 2.37. The van der Waals surface area contributed by atoms with E-state index in [2.05, 4.69) is 20.9 Å². The fourth-order valence-electron chi connectivity index (χ4n) is 3.92. The Labute approximate surface area is 180 Å². The van der Waals surface area contributed by atoms with E-state index < -0.39 is 17.7 Å². The molecule has 1 aliphatic carbocycles. The summed E-state index contributed by atoms with van der Waals surface area (Å²) in [5.74, 6) is -1.72. The minimum absolute atomic E-state index is 0.0199. The number of carbonyl (C=O) groups is 1. The van der Waals surface area contributed by atoms with Crippen LogP contribution in [0, 0.1) is 11.7 Å². The Bertz CT molecular complexity index is 1050. The van der Waals surface area contributed by atoms with Crippen LogP contribution >= 0.6 is 27.5 Å². The highest BCUT2D eigenvalue weighted by atomic mass is 79.9. The molecule has 2 unspecified atom stereocenters. The van der Waals surface area contributed by atoms with Crippen molar-refractivity contribution in [2.75, 3.05) is 0 Å². The van der Waals surface area contributed by atoms with Crippen LogP contribution in [-0.2, 0) is 4.79 Å². The van der Waals surface area contributed by atoms with Gasteiger partial charge in [-0.15, -0.1) is 0 Å². The molecule has 1 heterocycles. The Morgan fingerprint density at radius 1 is 1.17 bits per heavy atom. The molecule has 1 aliphatic rings. The van der Waals surface area contributed by atoms with Crippen LogP contribution in [0.1, 0.15) is 37.4 Å².